The minimum absolute atomic E-state index is 0.0715. The first kappa shape index (κ1) is 16.7. The minimum atomic E-state index is -0.0715. The fraction of sp³-hybridized carbons (Fsp3) is 0.474. The van der Waals surface area contributed by atoms with Gasteiger partial charge in [-0.3, -0.25) is 9.89 Å². The van der Waals surface area contributed by atoms with Crippen molar-refractivity contribution >= 4 is 5.91 Å². The number of nitrogens with one attached hydrogen (secondary N) is 2. The Morgan fingerprint density at radius 3 is 2.92 bits per heavy atom. The number of benzene rings is 1. The number of nitrogens with zero attached hydrogens (tertiary/aromatic N) is 1. The fourth-order valence-corrected chi connectivity index (χ4v) is 3.25. The van der Waals surface area contributed by atoms with E-state index in [1.165, 1.54) is 0 Å². The highest BCUT2D eigenvalue weighted by Crippen LogP contribution is 2.23. The lowest BCUT2D eigenvalue weighted by Crippen LogP contribution is -2.42. The molecule has 0 saturated carbocycles. The van der Waals surface area contributed by atoms with Crippen LogP contribution in [0.5, 0.6) is 0 Å². The second kappa shape index (κ2) is 7.62. The second-order valence-electron chi connectivity index (χ2n) is 6.84. The molecule has 2 unspecified atom stereocenters. The Morgan fingerprint density at radius 1 is 1.38 bits per heavy atom. The van der Waals surface area contributed by atoms with Crippen molar-refractivity contribution in [2.45, 2.75) is 45.3 Å². The molecule has 0 radical (unpaired) electrons. The summed E-state index contributed by atoms with van der Waals surface area (Å²) in [5, 5.41) is 10.2. The van der Waals surface area contributed by atoms with Gasteiger partial charge in [0.15, 0.2) is 0 Å². The first-order valence-corrected chi connectivity index (χ1v) is 8.64. The van der Waals surface area contributed by atoms with Crippen molar-refractivity contribution in [3.8, 4) is 11.3 Å². The summed E-state index contributed by atoms with van der Waals surface area (Å²) in [5.74, 6) is 0.529. The molecule has 1 saturated heterocycles. The fourth-order valence-electron chi connectivity index (χ4n) is 3.25. The zero-order valence-electron chi connectivity index (χ0n) is 14.3. The summed E-state index contributed by atoms with van der Waals surface area (Å²) in [6.45, 7) is 5.10. The van der Waals surface area contributed by atoms with E-state index in [0.29, 0.717) is 18.1 Å². The minimum Gasteiger partial charge on any atom is -0.378 e. The molecule has 5 nitrogen and oxygen atoms in total. The van der Waals surface area contributed by atoms with Crippen LogP contribution in [0.1, 0.15) is 43.5 Å². The number of hydrogen-bond donors (Lipinski definition) is 2. The largest absolute Gasteiger partial charge is 0.378 e. The number of carbonyl (C=O) groups is 1. The smallest absolute Gasteiger partial charge is 0.255 e. The van der Waals surface area contributed by atoms with Gasteiger partial charge in [-0.1, -0.05) is 44.2 Å². The Bertz CT molecular complexity index is 666. The molecule has 0 bridgehead atoms. The van der Waals surface area contributed by atoms with Crippen LogP contribution >= 0.6 is 0 Å². The van der Waals surface area contributed by atoms with Crippen LogP contribution in [-0.2, 0) is 4.74 Å². The van der Waals surface area contributed by atoms with Gasteiger partial charge in [0.05, 0.1) is 23.6 Å². The van der Waals surface area contributed by atoms with E-state index in [1.54, 1.807) is 6.20 Å². The lowest BCUT2D eigenvalue weighted by molar-refractivity contribution is -0.00846. The van der Waals surface area contributed by atoms with E-state index in [0.717, 1.165) is 30.5 Å². The maximum atomic E-state index is 12.7. The number of carbonyl (C=O) groups excluding carboxylic acids is 1. The summed E-state index contributed by atoms with van der Waals surface area (Å²) in [7, 11) is 0. The van der Waals surface area contributed by atoms with E-state index in [4.69, 9.17) is 4.74 Å². The predicted octanol–water partition coefficient (Wildman–Crippen LogP) is 3.40. The molecule has 2 N–H and O–H groups in total. The molecular weight excluding hydrogens is 302 g/mol. The van der Waals surface area contributed by atoms with Gasteiger partial charge in [-0.25, -0.2) is 0 Å². The van der Waals surface area contributed by atoms with Crippen LogP contribution in [0.25, 0.3) is 11.3 Å². The zero-order chi connectivity index (χ0) is 16.9. The molecule has 1 aromatic carbocycles. The number of aromatic nitrogens is 2. The number of ether oxygens (including phenoxy) is 1. The lowest BCUT2D eigenvalue weighted by atomic mass is 9.96. The van der Waals surface area contributed by atoms with Gasteiger partial charge in [-0.2, -0.15) is 5.10 Å². The molecule has 24 heavy (non-hydrogen) atoms. The number of amides is 1. The maximum Gasteiger partial charge on any atom is 0.255 e. The summed E-state index contributed by atoms with van der Waals surface area (Å²) in [6, 6.07) is 9.96. The van der Waals surface area contributed by atoms with E-state index in [1.807, 2.05) is 30.3 Å². The van der Waals surface area contributed by atoms with Crippen LogP contribution in [-0.4, -0.2) is 34.9 Å². The Hall–Kier alpha value is -2.14. The highest BCUT2D eigenvalue weighted by molar-refractivity contribution is 5.99. The Balaban J connectivity index is 1.67. The van der Waals surface area contributed by atoms with Gasteiger partial charge in [0, 0.05) is 18.2 Å². The van der Waals surface area contributed by atoms with Crippen molar-refractivity contribution in [3.63, 3.8) is 0 Å². The third-order valence-corrected chi connectivity index (χ3v) is 4.38. The molecule has 2 atom stereocenters. The van der Waals surface area contributed by atoms with E-state index < -0.39 is 0 Å². The quantitative estimate of drug-likeness (QED) is 0.884. The molecule has 1 amide bonds. The Morgan fingerprint density at radius 2 is 2.17 bits per heavy atom. The first-order chi connectivity index (χ1) is 11.6. The standard InChI is InChI=1S/C19H25N3O2/c1-13(2)10-16-11-15(8-9-24-16)21-19(23)17-12-20-22-18(17)14-6-4-3-5-7-14/h3-7,12-13,15-16H,8-11H2,1-2H3,(H,20,22)(H,21,23). The second-order valence-corrected chi connectivity index (χ2v) is 6.84. The van der Waals surface area contributed by atoms with Crippen molar-refractivity contribution in [2.24, 2.45) is 5.92 Å². The van der Waals surface area contributed by atoms with Crippen LogP contribution in [0.15, 0.2) is 36.5 Å². The molecule has 3 rings (SSSR count). The van der Waals surface area contributed by atoms with Gasteiger partial charge in [0.25, 0.3) is 5.91 Å². The van der Waals surface area contributed by atoms with Gasteiger partial charge in [-0.05, 0) is 25.2 Å². The van der Waals surface area contributed by atoms with Gasteiger partial charge in [0.1, 0.15) is 0 Å². The van der Waals surface area contributed by atoms with E-state index in [-0.39, 0.29) is 18.1 Å². The van der Waals surface area contributed by atoms with Gasteiger partial charge >= 0.3 is 0 Å². The van der Waals surface area contributed by atoms with Crippen LogP contribution in [0.2, 0.25) is 0 Å². The van der Waals surface area contributed by atoms with E-state index >= 15 is 0 Å². The van der Waals surface area contributed by atoms with Gasteiger partial charge in [0.2, 0.25) is 0 Å². The lowest BCUT2D eigenvalue weighted by Gasteiger charge is -2.31. The monoisotopic (exact) mass is 327 g/mol. The number of hydrogen-bond acceptors (Lipinski definition) is 3. The van der Waals surface area contributed by atoms with Crippen molar-refractivity contribution in [1.82, 2.24) is 15.5 Å². The summed E-state index contributed by atoms with van der Waals surface area (Å²) < 4.78 is 5.81. The van der Waals surface area contributed by atoms with Crippen LogP contribution in [0.3, 0.4) is 0 Å². The number of H-pyrrole nitrogens is 1. The summed E-state index contributed by atoms with van der Waals surface area (Å²) >= 11 is 0. The molecular formula is C19H25N3O2. The van der Waals surface area contributed by atoms with Gasteiger partial charge < -0.3 is 10.1 Å². The third-order valence-electron chi connectivity index (χ3n) is 4.38. The normalized spacial score (nSPS) is 21.0. The number of aromatic amines is 1. The molecule has 128 valence electrons. The highest BCUT2D eigenvalue weighted by atomic mass is 16.5. The SMILES string of the molecule is CC(C)CC1CC(NC(=O)c2cn[nH]c2-c2ccccc2)CCO1. The summed E-state index contributed by atoms with van der Waals surface area (Å²) in [5.41, 5.74) is 2.32. The maximum absolute atomic E-state index is 12.7. The molecule has 0 spiro atoms. The van der Waals surface area contributed by atoms with Crippen molar-refractivity contribution in [2.75, 3.05) is 6.61 Å². The zero-order valence-corrected chi connectivity index (χ0v) is 14.3. The van der Waals surface area contributed by atoms with Crippen molar-refractivity contribution < 1.29 is 9.53 Å². The van der Waals surface area contributed by atoms with Crippen molar-refractivity contribution in [1.29, 1.82) is 0 Å². The molecule has 5 heteroatoms. The Kier molecular flexibility index (Phi) is 5.30. The summed E-state index contributed by atoms with van der Waals surface area (Å²) in [4.78, 5) is 12.7. The van der Waals surface area contributed by atoms with E-state index in [9.17, 15) is 4.79 Å². The highest BCUT2D eigenvalue weighted by Gasteiger charge is 2.26. The van der Waals surface area contributed by atoms with E-state index in [2.05, 4.69) is 29.4 Å². The third kappa shape index (κ3) is 4.03. The molecule has 1 aliphatic rings. The predicted molar refractivity (Wildman–Crippen MR) is 93.7 cm³/mol. The Labute approximate surface area is 142 Å². The van der Waals surface area contributed by atoms with Gasteiger partial charge in [-0.15, -0.1) is 0 Å². The molecule has 2 aromatic rings. The summed E-state index contributed by atoms with van der Waals surface area (Å²) in [6.07, 6.45) is 4.61. The van der Waals surface area contributed by atoms with Crippen LogP contribution < -0.4 is 5.32 Å². The van der Waals surface area contributed by atoms with Crippen LogP contribution in [0.4, 0.5) is 0 Å². The first-order valence-electron chi connectivity index (χ1n) is 8.64. The number of rotatable bonds is 5. The van der Waals surface area contributed by atoms with Crippen molar-refractivity contribution in [3.05, 3.63) is 42.1 Å². The molecule has 0 aliphatic carbocycles. The molecule has 1 fully saturated rings. The molecule has 1 aliphatic heterocycles. The molecule has 2 heterocycles. The average molecular weight is 327 g/mol. The van der Waals surface area contributed by atoms with Crippen LogP contribution in [0, 0.1) is 5.92 Å². The topological polar surface area (TPSA) is 67.0 Å². The molecule has 1 aromatic heterocycles. The average Bonchev–Trinajstić information content (AvgIpc) is 3.05.